The predicted octanol–water partition coefficient (Wildman–Crippen LogP) is 2.43. The number of fused-ring (bicyclic) bond motifs is 1. The second-order valence-electron chi connectivity index (χ2n) is 3.16. The summed E-state index contributed by atoms with van der Waals surface area (Å²) in [5.74, 6) is 0.382. The Morgan fingerprint density at radius 2 is 2.21 bits per heavy atom. The Hall–Kier alpha value is -1.35. The summed E-state index contributed by atoms with van der Waals surface area (Å²) in [7, 11) is 1.79. The number of aryl methyl sites for hydroxylation is 1. The molecule has 2 aromatic rings. The van der Waals surface area contributed by atoms with E-state index in [2.05, 4.69) is 4.98 Å². The first-order chi connectivity index (χ1) is 6.61. The Morgan fingerprint density at radius 3 is 2.79 bits per heavy atom. The average Bonchev–Trinajstić information content (AvgIpc) is 2.45. The maximum absolute atomic E-state index is 11.2. The van der Waals surface area contributed by atoms with Crippen LogP contribution in [-0.2, 0) is 7.05 Å². The van der Waals surface area contributed by atoms with E-state index in [1.165, 1.54) is 6.92 Å². The fourth-order valence-corrected chi connectivity index (χ4v) is 1.83. The normalized spacial score (nSPS) is 10.8. The Balaban J connectivity index is 2.87. The highest BCUT2D eigenvalue weighted by Gasteiger charge is 2.12. The van der Waals surface area contributed by atoms with Crippen LogP contribution < -0.4 is 0 Å². The highest BCUT2D eigenvalue weighted by molar-refractivity contribution is 6.35. The van der Waals surface area contributed by atoms with Gasteiger partial charge in [-0.3, -0.25) is 4.79 Å². The number of hydrogen-bond donors (Lipinski definition) is 0. The number of halogens is 1. The van der Waals surface area contributed by atoms with Crippen molar-refractivity contribution in [3.63, 3.8) is 0 Å². The molecule has 0 aliphatic carbocycles. The third-order valence-corrected chi connectivity index (χ3v) is 2.46. The number of Topliss-reactive ketones (excluding diaryl/α,β-unsaturated/α-hetero) is 1. The molecule has 4 heteroatoms. The summed E-state index contributed by atoms with van der Waals surface area (Å²) in [6.45, 7) is 1.50. The minimum absolute atomic E-state index is 0.0558. The average molecular weight is 209 g/mol. The summed E-state index contributed by atoms with van der Waals surface area (Å²) in [6.07, 6.45) is 0. The minimum atomic E-state index is -0.0558. The van der Waals surface area contributed by atoms with E-state index in [9.17, 15) is 4.79 Å². The van der Waals surface area contributed by atoms with E-state index in [-0.39, 0.29) is 5.78 Å². The van der Waals surface area contributed by atoms with Crippen LogP contribution in [0.15, 0.2) is 18.2 Å². The Bertz CT molecular complexity index is 516. The van der Waals surface area contributed by atoms with Crippen LogP contribution in [0.3, 0.4) is 0 Å². The van der Waals surface area contributed by atoms with Crippen molar-refractivity contribution < 1.29 is 4.79 Å². The zero-order valence-corrected chi connectivity index (χ0v) is 8.67. The maximum Gasteiger partial charge on any atom is 0.195 e. The van der Waals surface area contributed by atoms with Gasteiger partial charge in [-0.25, -0.2) is 4.98 Å². The van der Waals surface area contributed by atoms with Gasteiger partial charge < -0.3 is 4.57 Å². The number of carbonyl (C=O) groups is 1. The lowest BCUT2D eigenvalue weighted by Crippen LogP contribution is -2.02. The second kappa shape index (κ2) is 3.10. The maximum atomic E-state index is 11.2. The van der Waals surface area contributed by atoms with Crippen LogP contribution >= 0.6 is 11.6 Å². The fourth-order valence-electron chi connectivity index (χ4n) is 1.54. The molecule has 0 amide bonds. The molecule has 14 heavy (non-hydrogen) atoms. The predicted molar refractivity (Wildman–Crippen MR) is 55.7 cm³/mol. The van der Waals surface area contributed by atoms with Crippen LogP contribution in [-0.4, -0.2) is 15.3 Å². The van der Waals surface area contributed by atoms with Gasteiger partial charge in [0.2, 0.25) is 0 Å². The third-order valence-electron chi connectivity index (χ3n) is 2.16. The van der Waals surface area contributed by atoms with Gasteiger partial charge in [0, 0.05) is 14.0 Å². The molecule has 0 aliphatic rings. The van der Waals surface area contributed by atoms with Crippen LogP contribution in [0.2, 0.25) is 5.02 Å². The number of imidazole rings is 1. The number of aromatic nitrogens is 2. The molecule has 0 atom stereocenters. The van der Waals surface area contributed by atoms with Gasteiger partial charge in [-0.05, 0) is 12.1 Å². The molecule has 0 spiro atoms. The zero-order chi connectivity index (χ0) is 10.3. The molecule has 1 aromatic carbocycles. The SMILES string of the molecule is CC(=O)c1nc2cccc(Cl)c2n1C. The van der Waals surface area contributed by atoms with Gasteiger partial charge in [0.1, 0.15) is 0 Å². The quantitative estimate of drug-likeness (QED) is 0.675. The molecule has 2 rings (SSSR count). The van der Waals surface area contributed by atoms with Crippen molar-refractivity contribution in [3.05, 3.63) is 29.0 Å². The van der Waals surface area contributed by atoms with Crippen molar-refractivity contribution in [1.29, 1.82) is 0 Å². The molecule has 0 N–H and O–H groups in total. The molecule has 1 heterocycles. The molecular weight excluding hydrogens is 200 g/mol. The first kappa shape index (κ1) is 9.21. The number of benzene rings is 1. The van der Waals surface area contributed by atoms with Crippen molar-refractivity contribution in [2.45, 2.75) is 6.92 Å². The Labute approximate surface area is 86.3 Å². The number of nitrogens with zero attached hydrogens (tertiary/aromatic N) is 2. The summed E-state index contributed by atoms with van der Waals surface area (Å²) in [4.78, 5) is 15.4. The van der Waals surface area contributed by atoms with Crippen molar-refractivity contribution in [3.8, 4) is 0 Å². The molecule has 0 unspecified atom stereocenters. The number of ketones is 1. The van der Waals surface area contributed by atoms with Crippen LogP contribution in [0.5, 0.6) is 0 Å². The van der Waals surface area contributed by atoms with Gasteiger partial charge in [0.05, 0.1) is 16.1 Å². The molecule has 0 bridgehead atoms. The Kier molecular flexibility index (Phi) is 2.04. The fraction of sp³-hybridized carbons (Fsp3) is 0.200. The highest BCUT2D eigenvalue weighted by Crippen LogP contribution is 2.23. The van der Waals surface area contributed by atoms with Gasteiger partial charge in [0.15, 0.2) is 11.6 Å². The highest BCUT2D eigenvalue weighted by atomic mass is 35.5. The van der Waals surface area contributed by atoms with Crippen LogP contribution in [0, 0.1) is 0 Å². The summed E-state index contributed by atoms with van der Waals surface area (Å²) in [6, 6.07) is 5.45. The lowest BCUT2D eigenvalue weighted by atomic mass is 10.3. The Morgan fingerprint density at radius 1 is 1.50 bits per heavy atom. The lowest BCUT2D eigenvalue weighted by Gasteiger charge is -1.98. The smallest absolute Gasteiger partial charge is 0.195 e. The molecule has 0 radical (unpaired) electrons. The van der Waals surface area contributed by atoms with E-state index >= 15 is 0 Å². The van der Waals surface area contributed by atoms with E-state index in [1.54, 1.807) is 17.7 Å². The third kappa shape index (κ3) is 1.21. The van der Waals surface area contributed by atoms with Gasteiger partial charge in [-0.1, -0.05) is 17.7 Å². The van der Waals surface area contributed by atoms with Gasteiger partial charge in [-0.15, -0.1) is 0 Å². The number of hydrogen-bond acceptors (Lipinski definition) is 2. The summed E-state index contributed by atoms with van der Waals surface area (Å²) >= 11 is 6.01. The minimum Gasteiger partial charge on any atom is -0.323 e. The largest absolute Gasteiger partial charge is 0.323 e. The number of carbonyl (C=O) groups excluding carboxylic acids is 1. The van der Waals surface area contributed by atoms with Crippen molar-refractivity contribution >= 4 is 28.4 Å². The molecule has 0 fully saturated rings. The van der Waals surface area contributed by atoms with Crippen molar-refractivity contribution in [1.82, 2.24) is 9.55 Å². The molecular formula is C10H9ClN2O. The standard InChI is InChI=1S/C10H9ClN2O/c1-6(14)10-12-8-5-3-4-7(11)9(8)13(10)2/h3-5H,1-2H3. The summed E-state index contributed by atoms with van der Waals surface area (Å²) < 4.78 is 1.72. The second-order valence-corrected chi connectivity index (χ2v) is 3.57. The van der Waals surface area contributed by atoms with Crippen LogP contribution in [0.1, 0.15) is 17.5 Å². The van der Waals surface area contributed by atoms with Crippen molar-refractivity contribution in [2.75, 3.05) is 0 Å². The van der Waals surface area contributed by atoms with Crippen LogP contribution in [0.25, 0.3) is 11.0 Å². The van der Waals surface area contributed by atoms with Crippen molar-refractivity contribution in [2.24, 2.45) is 7.05 Å². The summed E-state index contributed by atoms with van der Waals surface area (Å²) in [5, 5.41) is 0.616. The zero-order valence-electron chi connectivity index (χ0n) is 7.91. The molecule has 72 valence electrons. The molecule has 0 aliphatic heterocycles. The van der Waals surface area contributed by atoms with E-state index in [4.69, 9.17) is 11.6 Å². The van der Waals surface area contributed by atoms with E-state index in [0.717, 1.165) is 11.0 Å². The topological polar surface area (TPSA) is 34.9 Å². The molecule has 0 saturated heterocycles. The first-order valence-corrected chi connectivity index (χ1v) is 4.61. The molecule has 1 aromatic heterocycles. The lowest BCUT2D eigenvalue weighted by molar-refractivity contribution is 0.100. The van der Waals surface area contributed by atoms with E-state index in [0.29, 0.717) is 10.8 Å². The van der Waals surface area contributed by atoms with Gasteiger partial charge in [-0.2, -0.15) is 0 Å². The monoisotopic (exact) mass is 208 g/mol. The van der Waals surface area contributed by atoms with Crippen LogP contribution in [0.4, 0.5) is 0 Å². The first-order valence-electron chi connectivity index (χ1n) is 4.23. The van der Waals surface area contributed by atoms with Gasteiger partial charge >= 0.3 is 0 Å². The molecule has 0 saturated carbocycles. The van der Waals surface area contributed by atoms with Gasteiger partial charge in [0.25, 0.3) is 0 Å². The number of rotatable bonds is 1. The summed E-state index contributed by atoms with van der Waals surface area (Å²) in [5.41, 5.74) is 1.56. The number of para-hydroxylation sites is 1. The van der Waals surface area contributed by atoms with E-state index < -0.39 is 0 Å². The molecule has 3 nitrogen and oxygen atoms in total. The van der Waals surface area contributed by atoms with E-state index in [1.807, 2.05) is 12.1 Å².